The summed E-state index contributed by atoms with van der Waals surface area (Å²) < 4.78 is 6.25. The number of nitrogens with zero attached hydrogens (tertiary/aromatic N) is 2. The van der Waals surface area contributed by atoms with Gasteiger partial charge in [-0.2, -0.15) is 0 Å². The predicted octanol–water partition coefficient (Wildman–Crippen LogP) is 3.85. The summed E-state index contributed by atoms with van der Waals surface area (Å²) in [6.45, 7) is 9.68. The first-order chi connectivity index (χ1) is 9.32. The molecule has 0 heterocycles. The molecule has 1 aromatic carbocycles. The first-order valence-corrected chi connectivity index (χ1v) is 7.44. The number of ether oxygens (including phenoxy) is 1. The second kappa shape index (κ2) is 7.59. The standard InChI is InChI=1S/C14H21BrN2O3/c1-10(2)16(11(3)4)7-8-20-14-6-5-12(15)9-13(14)17(18)19/h5-6,9-11H,7-8H2,1-4H3. The molecule has 112 valence electrons. The van der Waals surface area contributed by atoms with Crippen LogP contribution in [-0.4, -0.2) is 35.1 Å². The SMILES string of the molecule is CC(C)N(CCOc1ccc(Br)cc1[N+](=O)[O-])C(C)C. The molecule has 0 amide bonds. The fourth-order valence-electron chi connectivity index (χ4n) is 2.13. The molecule has 0 aliphatic carbocycles. The van der Waals surface area contributed by atoms with Crippen molar-refractivity contribution in [3.05, 3.63) is 32.8 Å². The molecule has 0 aromatic heterocycles. The Bertz CT molecular complexity index is 456. The maximum absolute atomic E-state index is 11.0. The number of rotatable bonds is 7. The lowest BCUT2D eigenvalue weighted by molar-refractivity contribution is -0.385. The van der Waals surface area contributed by atoms with E-state index in [2.05, 4.69) is 48.5 Å². The Labute approximate surface area is 128 Å². The Morgan fingerprint density at radius 2 is 1.90 bits per heavy atom. The largest absolute Gasteiger partial charge is 0.485 e. The minimum absolute atomic E-state index is 0.0139. The molecule has 0 N–H and O–H groups in total. The summed E-state index contributed by atoms with van der Waals surface area (Å²) in [7, 11) is 0. The third-order valence-electron chi connectivity index (χ3n) is 3.05. The summed E-state index contributed by atoms with van der Waals surface area (Å²) in [5.74, 6) is 0.311. The monoisotopic (exact) mass is 344 g/mol. The first-order valence-electron chi connectivity index (χ1n) is 6.65. The van der Waals surface area contributed by atoms with Crippen molar-refractivity contribution >= 4 is 21.6 Å². The highest BCUT2D eigenvalue weighted by atomic mass is 79.9. The van der Waals surface area contributed by atoms with Gasteiger partial charge in [-0.05, 0) is 39.8 Å². The van der Waals surface area contributed by atoms with E-state index in [-0.39, 0.29) is 5.69 Å². The molecular weight excluding hydrogens is 324 g/mol. The molecule has 5 nitrogen and oxygen atoms in total. The number of nitro groups is 1. The summed E-state index contributed by atoms with van der Waals surface area (Å²) >= 11 is 3.23. The Balaban J connectivity index is 2.68. The average Bonchev–Trinajstić information content (AvgIpc) is 2.34. The van der Waals surface area contributed by atoms with Gasteiger partial charge in [-0.15, -0.1) is 0 Å². The molecule has 0 unspecified atom stereocenters. The fraction of sp³-hybridized carbons (Fsp3) is 0.571. The smallest absolute Gasteiger partial charge is 0.312 e. The molecule has 0 bridgehead atoms. The van der Waals surface area contributed by atoms with E-state index < -0.39 is 4.92 Å². The van der Waals surface area contributed by atoms with Crippen molar-refractivity contribution < 1.29 is 9.66 Å². The van der Waals surface area contributed by atoms with E-state index in [1.807, 2.05) is 0 Å². The lowest BCUT2D eigenvalue weighted by Crippen LogP contribution is -2.39. The van der Waals surface area contributed by atoms with Crippen molar-refractivity contribution in [1.29, 1.82) is 0 Å². The quantitative estimate of drug-likeness (QED) is 0.556. The fourth-order valence-corrected chi connectivity index (χ4v) is 2.48. The van der Waals surface area contributed by atoms with E-state index >= 15 is 0 Å². The van der Waals surface area contributed by atoms with Crippen LogP contribution in [0.2, 0.25) is 0 Å². The summed E-state index contributed by atoms with van der Waals surface area (Å²) in [5.41, 5.74) is -0.0139. The van der Waals surface area contributed by atoms with Crippen molar-refractivity contribution in [3.63, 3.8) is 0 Å². The third-order valence-corrected chi connectivity index (χ3v) is 3.54. The molecule has 0 saturated heterocycles. The van der Waals surface area contributed by atoms with E-state index in [9.17, 15) is 10.1 Å². The van der Waals surface area contributed by atoms with Crippen LogP contribution in [0, 0.1) is 10.1 Å². The molecule has 6 heteroatoms. The van der Waals surface area contributed by atoms with Crippen LogP contribution in [0.1, 0.15) is 27.7 Å². The van der Waals surface area contributed by atoms with Crippen LogP contribution in [0.15, 0.2) is 22.7 Å². The van der Waals surface area contributed by atoms with Gasteiger partial charge in [0.05, 0.1) is 4.92 Å². The van der Waals surface area contributed by atoms with Crippen molar-refractivity contribution in [2.45, 2.75) is 39.8 Å². The van der Waals surface area contributed by atoms with Gasteiger partial charge in [0.25, 0.3) is 0 Å². The van der Waals surface area contributed by atoms with Gasteiger partial charge in [0.2, 0.25) is 0 Å². The zero-order valence-corrected chi connectivity index (χ0v) is 13.9. The maximum atomic E-state index is 11.0. The predicted molar refractivity (Wildman–Crippen MR) is 83.3 cm³/mol. The van der Waals surface area contributed by atoms with Crippen LogP contribution in [-0.2, 0) is 0 Å². The highest BCUT2D eigenvalue weighted by Crippen LogP contribution is 2.30. The Hall–Kier alpha value is -1.14. The highest BCUT2D eigenvalue weighted by molar-refractivity contribution is 9.10. The molecule has 1 aromatic rings. The summed E-state index contributed by atoms with van der Waals surface area (Å²) in [6.07, 6.45) is 0. The Morgan fingerprint density at radius 3 is 2.40 bits per heavy atom. The van der Waals surface area contributed by atoms with Crippen LogP contribution >= 0.6 is 15.9 Å². The van der Waals surface area contributed by atoms with Crippen LogP contribution in [0.3, 0.4) is 0 Å². The number of benzene rings is 1. The van der Waals surface area contributed by atoms with Gasteiger partial charge in [0, 0.05) is 29.2 Å². The van der Waals surface area contributed by atoms with Gasteiger partial charge in [0.1, 0.15) is 6.61 Å². The maximum Gasteiger partial charge on any atom is 0.312 e. The number of nitro benzene ring substituents is 1. The minimum atomic E-state index is -0.428. The van der Waals surface area contributed by atoms with E-state index in [0.717, 1.165) is 6.54 Å². The van der Waals surface area contributed by atoms with E-state index in [4.69, 9.17) is 4.74 Å². The topological polar surface area (TPSA) is 55.6 Å². The van der Waals surface area contributed by atoms with Crippen molar-refractivity contribution in [1.82, 2.24) is 4.90 Å². The molecule has 0 aliphatic rings. The zero-order chi connectivity index (χ0) is 15.3. The van der Waals surface area contributed by atoms with Crippen LogP contribution < -0.4 is 4.74 Å². The minimum Gasteiger partial charge on any atom is -0.485 e. The van der Waals surface area contributed by atoms with Crippen molar-refractivity contribution in [3.8, 4) is 5.75 Å². The second-order valence-corrected chi connectivity index (χ2v) is 6.06. The average molecular weight is 345 g/mol. The molecule has 0 fully saturated rings. The highest BCUT2D eigenvalue weighted by Gasteiger charge is 2.17. The van der Waals surface area contributed by atoms with E-state index in [0.29, 0.717) is 28.9 Å². The Kier molecular flexibility index (Phi) is 6.42. The van der Waals surface area contributed by atoms with Crippen LogP contribution in [0.4, 0.5) is 5.69 Å². The summed E-state index contributed by atoms with van der Waals surface area (Å²) in [6, 6.07) is 5.65. The van der Waals surface area contributed by atoms with Gasteiger partial charge in [-0.25, -0.2) is 0 Å². The van der Waals surface area contributed by atoms with Gasteiger partial charge in [0.15, 0.2) is 5.75 Å². The normalized spacial score (nSPS) is 11.4. The van der Waals surface area contributed by atoms with Crippen LogP contribution in [0.25, 0.3) is 0 Å². The molecule has 0 radical (unpaired) electrons. The first kappa shape index (κ1) is 16.9. The van der Waals surface area contributed by atoms with Gasteiger partial charge in [-0.1, -0.05) is 15.9 Å². The second-order valence-electron chi connectivity index (χ2n) is 5.14. The summed E-state index contributed by atoms with van der Waals surface area (Å²) in [4.78, 5) is 12.8. The number of hydrogen-bond acceptors (Lipinski definition) is 4. The van der Waals surface area contributed by atoms with E-state index in [1.165, 1.54) is 6.07 Å². The molecule has 1 rings (SSSR count). The van der Waals surface area contributed by atoms with Crippen molar-refractivity contribution in [2.24, 2.45) is 0 Å². The van der Waals surface area contributed by atoms with Gasteiger partial charge >= 0.3 is 5.69 Å². The lowest BCUT2D eigenvalue weighted by Gasteiger charge is -2.30. The zero-order valence-electron chi connectivity index (χ0n) is 12.3. The molecule has 0 atom stereocenters. The number of halogens is 1. The molecular formula is C14H21BrN2O3. The van der Waals surface area contributed by atoms with Gasteiger partial charge in [-0.3, -0.25) is 15.0 Å². The van der Waals surface area contributed by atoms with Crippen molar-refractivity contribution in [2.75, 3.05) is 13.2 Å². The van der Waals surface area contributed by atoms with Crippen LogP contribution in [0.5, 0.6) is 5.75 Å². The third kappa shape index (κ3) is 4.76. The molecule has 0 aliphatic heterocycles. The molecule has 20 heavy (non-hydrogen) atoms. The Morgan fingerprint density at radius 1 is 1.30 bits per heavy atom. The number of hydrogen-bond donors (Lipinski definition) is 0. The summed E-state index contributed by atoms with van der Waals surface area (Å²) in [5, 5.41) is 11.0. The van der Waals surface area contributed by atoms with E-state index in [1.54, 1.807) is 12.1 Å². The molecule has 0 saturated carbocycles. The lowest BCUT2D eigenvalue weighted by atomic mass is 10.2. The van der Waals surface area contributed by atoms with Gasteiger partial charge < -0.3 is 4.74 Å². The molecule has 0 spiro atoms.